The van der Waals surface area contributed by atoms with Gasteiger partial charge in [0.25, 0.3) is 0 Å². The van der Waals surface area contributed by atoms with E-state index in [9.17, 15) is 14.4 Å². The van der Waals surface area contributed by atoms with Gasteiger partial charge < -0.3 is 15.1 Å². The Balaban J connectivity index is 5.46. The molecule has 3 amide bonds. The lowest BCUT2D eigenvalue weighted by Crippen LogP contribution is -2.56. The maximum atomic E-state index is 13.2. The maximum Gasteiger partial charge on any atom is 0.245 e. The van der Waals surface area contributed by atoms with Crippen molar-refractivity contribution in [3.8, 4) is 0 Å². The van der Waals surface area contributed by atoms with E-state index in [0.717, 1.165) is 6.42 Å². The van der Waals surface area contributed by atoms with Crippen molar-refractivity contribution in [2.24, 2.45) is 17.8 Å². The van der Waals surface area contributed by atoms with Gasteiger partial charge in [0.2, 0.25) is 17.7 Å². The molecule has 0 spiro atoms. The Morgan fingerprint density at radius 3 is 1.81 bits per heavy atom. The molecular formula is C20H39N3O3. The number of nitrogens with one attached hydrogen (secondary N) is 1. The largest absolute Gasteiger partial charge is 0.357 e. The predicted molar refractivity (Wildman–Crippen MR) is 106 cm³/mol. The van der Waals surface area contributed by atoms with Crippen molar-refractivity contribution in [3.63, 3.8) is 0 Å². The van der Waals surface area contributed by atoms with E-state index in [1.807, 2.05) is 27.7 Å². The normalized spacial score (nSPS) is 13.7. The van der Waals surface area contributed by atoms with Crippen LogP contribution in [0.15, 0.2) is 0 Å². The van der Waals surface area contributed by atoms with Gasteiger partial charge in [-0.2, -0.15) is 0 Å². The molecule has 26 heavy (non-hydrogen) atoms. The highest BCUT2D eigenvalue weighted by Crippen LogP contribution is 2.19. The topological polar surface area (TPSA) is 69.7 Å². The van der Waals surface area contributed by atoms with Crippen LogP contribution in [0.1, 0.15) is 60.8 Å². The van der Waals surface area contributed by atoms with Crippen molar-refractivity contribution >= 4 is 17.7 Å². The molecule has 0 saturated carbocycles. The number of amides is 3. The molecule has 0 aromatic carbocycles. The second-order valence-corrected chi connectivity index (χ2v) is 8.33. The fraction of sp³-hybridized carbons (Fsp3) is 0.850. The lowest BCUT2D eigenvalue weighted by atomic mass is 9.97. The van der Waals surface area contributed by atoms with E-state index < -0.39 is 12.1 Å². The molecule has 152 valence electrons. The molecule has 6 heteroatoms. The van der Waals surface area contributed by atoms with Gasteiger partial charge in [-0.15, -0.1) is 0 Å². The monoisotopic (exact) mass is 369 g/mol. The smallest absolute Gasteiger partial charge is 0.245 e. The Hall–Kier alpha value is -1.59. The first-order valence-corrected chi connectivity index (χ1v) is 9.67. The first-order chi connectivity index (χ1) is 11.9. The number of likely N-dealkylation sites (N-methyl/N-ethyl adjacent to an activating group) is 3. The molecule has 1 N–H and O–H groups in total. The minimum Gasteiger partial charge on any atom is -0.357 e. The molecule has 0 radical (unpaired) electrons. The molecule has 0 fully saturated rings. The molecule has 2 atom stereocenters. The van der Waals surface area contributed by atoms with Crippen molar-refractivity contribution in [2.75, 3.05) is 21.1 Å². The number of rotatable bonds is 10. The van der Waals surface area contributed by atoms with E-state index in [1.165, 1.54) is 4.90 Å². The zero-order chi connectivity index (χ0) is 20.6. The van der Waals surface area contributed by atoms with E-state index >= 15 is 0 Å². The summed E-state index contributed by atoms with van der Waals surface area (Å²) < 4.78 is 0. The first-order valence-electron chi connectivity index (χ1n) is 9.67. The average molecular weight is 370 g/mol. The third kappa shape index (κ3) is 7.34. The van der Waals surface area contributed by atoms with Crippen LogP contribution in [0, 0.1) is 17.8 Å². The Bertz CT molecular complexity index is 475. The van der Waals surface area contributed by atoms with Gasteiger partial charge in [0.05, 0.1) is 0 Å². The molecule has 0 rings (SSSR count). The van der Waals surface area contributed by atoms with Crippen LogP contribution < -0.4 is 5.32 Å². The van der Waals surface area contributed by atoms with Gasteiger partial charge in [0.15, 0.2) is 0 Å². The molecule has 0 aromatic heterocycles. The second-order valence-electron chi connectivity index (χ2n) is 8.33. The van der Waals surface area contributed by atoms with Gasteiger partial charge in [-0.25, -0.2) is 0 Å². The Labute approximate surface area is 159 Å². The second kappa shape index (κ2) is 11.2. The molecule has 0 aliphatic heterocycles. The quantitative estimate of drug-likeness (QED) is 0.643. The number of hydrogen-bond acceptors (Lipinski definition) is 3. The van der Waals surface area contributed by atoms with Crippen molar-refractivity contribution in [2.45, 2.75) is 72.9 Å². The zero-order valence-corrected chi connectivity index (χ0v) is 18.1. The van der Waals surface area contributed by atoms with Gasteiger partial charge in [0, 0.05) is 27.6 Å². The lowest BCUT2D eigenvalue weighted by molar-refractivity contribution is -0.149. The fourth-order valence-electron chi connectivity index (χ4n) is 3.08. The summed E-state index contributed by atoms with van der Waals surface area (Å²) in [6, 6.07) is -1.10. The highest BCUT2D eigenvalue weighted by molar-refractivity contribution is 5.92. The van der Waals surface area contributed by atoms with Crippen molar-refractivity contribution in [1.82, 2.24) is 15.1 Å². The first kappa shape index (κ1) is 24.4. The molecule has 0 heterocycles. The summed E-state index contributed by atoms with van der Waals surface area (Å²) >= 11 is 0. The van der Waals surface area contributed by atoms with E-state index in [4.69, 9.17) is 0 Å². The van der Waals surface area contributed by atoms with Crippen LogP contribution in [0.2, 0.25) is 0 Å². The van der Waals surface area contributed by atoms with E-state index in [1.54, 1.807) is 26.0 Å². The summed E-state index contributed by atoms with van der Waals surface area (Å²) in [6.07, 6.45) is 1.81. The molecule has 0 aromatic rings. The number of carbonyl (C=O) groups excluding carboxylic acids is 3. The minimum absolute atomic E-state index is 0.0212. The summed E-state index contributed by atoms with van der Waals surface area (Å²) in [5.41, 5.74) is 0. The van der Waals surface area contributed by atoms with Gasteiger partial charge in [-0.05, 0) is 30.6 Å². The molecule has 0 aliphatic rings. The van der Waals surface area contributed by atoms with Crippen molar-refractivity contribution in [1.29, 1.82) is 0 Å². The van der Waals surface area contributed by atoms with Gasteiger partial charge in [0.1, 0.15) is 12.1 Å². The predicted octanol–water partition coefficient (Wildman–Crippen LogP) is 2.52. The third-order valence-electron chi connectivity index (χ3n) is 4.69. The summed E-state index contributed by atoms with van der Waals surface area (Å²) in [5.74, 6) is 0.287. The molecule has 0 unspecified atom stereocenters. The van der Waals surface area contributed by atoms with Crippen LogP contribution in [0.25, 0.3) is 0 Å². The number of hydrogen-bond donors (Lipinski definition) is 1. The maximum absolute atomic E-state index is 13.2. The third-order valence-corrected chi connectivity index (χ3v) is 4.69. The van der Waals surface area contributed by atoms with Crippen LogP contribution in [0.3, 0.4) is 0 Å². The number of nitrogens with zero attached hydrogens (tertiary/aromatic N) is 2. The summed E-state index contributed by atoms with van der Waals surface area (Å²) in [7, 11) is 4.93. The zero-order valence-electron chi connectivity index (χ0n) is 18.1. The SMILES string of the molecule is CNC(=O)[C@H](C(C)C)N(C)C(=O)[C@H](CC(C)C)N(C)C(=O)CCC(C)C. The standard InChI is InChI=1S/C20H39N3O3/c1-13(2)10-11-17(24)22(8)16(12-14(3)4)20(26)23(9)18(15(5)6)19(25)21-7/h13-16,18H,10-12H2,1-9H3,(H,21,25)/t16-,18-/m0/s1. The van der Waals surface area contributed by atoms with Crippen molar-refractivity contribution < 1.29 is 14.4 Å². The highest BCUT2D eigenvalue weighted by Gasteiger charge is 2.35. The molecule has 0 saturated heterocycles. The molecule has 6 nitrogen and oxygen atoms in total. The lowest BCUT2D eigenvalue weighted by Gasteiger charge is -2.36. The minimum atomic E-state index is -0.554. The van der Waals surface area contributed by atoms with Crippen LogP contribution in [-0.4, -0.2) is 60.7 Å². The average Bonchev–Trinajstić information content (AvgIpc) is 2.55. The van der Waals surface area contributed by atoms with Crippen LogP contribution >= 0.6 is 0 Å². The summed E-state index contributed by atoms with van der Waals surface area (Å²) in [6.45, 7) is 12.1. The van der Waals surface area contributed by atoms with E-state index in [0.29, 0.717) is 18.8 Å². The Morgan fingerprint density at radius 1 is 0.885 bits per heavy atom. The van der Waals surface area contributed by atoms with E-state index in [-0.39, 0.29) is 29.6 Å². The molecular weight excluding hydrogens is 330 g/mol. The van der Waals surface area contributed by atoms with Gasteiger partial charge in [-0.3, -0.25) is 14.4 Å². The van der Waals surface area contributed by atoms with Crippen LogP contribution in [0.5, 0.6) is 0 Å². The summed E-state index contributed by atoms with van der Waals surface area (Å²) in [5, 5.41) is 2.63. The number of carbonyl (C=O) groups is 3. The van der Waals surface area contributed by atoms with Gasteiger partial charge in [-0.1, -0.05) is 41.5 Å². The highest BCUT2D eigenvalue weighted by atomic mass is 16.2. The molecule has 0 bridgehead atoms. The van der Waals surface area contributed by atoms with Gasteiger partial charge >= 0.3 is 0 Å². The molecule has 0 aliphatic carbocycles. The van der Waals surface area contributed by atoms with Crippen LogP contribution in [0.4, 0.5) is 0 Å². The Morgan fingerprint density at radius 2 is 1.42 bits per heavy atom. The Kier molecular flexibility index (Phi) is 10.5. The van der Waals surface area contributed by atoms with Crippen LogP contribution in [-0.2, 0) is 14.4 Å². The van der Waals surface area contributed by atoms with Crippen molar-refractivity contribution in [3.05, 3.63) is 0 Å². The summed E-state index contributed by atoms with van der Waals surface area (Å²) in [4.78, 5) is 41.1. The van der Waals surface area contributed by atoms with E-state index in [2.05, 4.69) is 19.2 Å². The fourth-order valence-corrected chi connectivity index (χ4v) is 3.08.